The number of carbonyl (C=O) groups is 1. The van der Waals surface area contributed by atoms with Crippen molar-refractivity contribution in [2.45, 2.75) is 20.4 Å². The van der Waals surface area contributed by atoms with Gasteiger partial charge in [0.05, 0.1) is 15.5 Å². The Labute approximate surface area is 136 Å². The topological polar surface area (TPSA) is 105 Å². The van der Waals surface area contributed by atoms with E-state index in [1.165, 1.54) is 12.1 Å². The third kappa shape index (κ3) is 3.75. The van der Waals surface area contributed by atoms with Gasteiger partial charge in [-0.05, 0) is 31.5 Å². The molecule has 0 aliphatic heterocycles. The fourth-order valence-electron chi connectivity index (χ4n) is 2.17. The molecule has 1 heterocycles. The van der Waals surface area contributed by atoms with E-state index >= 15 is 0 Å². The van der Waals surface area contributed by atoms with Crippen molar-refractivity contribution in [3.05, 3.63) is 72.1 Å². The summed E-state index contributed by atoms with van der Waals surface area (Å²) in [5.74, 6) is -0.585. The summed E-state index contributed by atoms with van der Waals surface area (Å²) in [6.45, 7) is 3.53. The number of non-ortho nitro benzene ring substituents is 1. The molecule has 1 aromatic carbocycles. The Balaban J connectivity index is 2.22. The molecule has 0 unspecified atom stereocenters. The predicted octanol–water partition coefficient (Wildman–Crippen LogP) is 2.48. The number of pyridine rings is 1. The highest BCUT2D eigenvalue weighted by Crippen LogP contribution is 2.22. The predicted molar refractivity (Wildman–Crippen MR) is 85.8 cm³/mol. The lowest BCUT2D eigenvalue weighted by Gasteiger charge is -2.09. The van der Waals surface area contributed by atoms with Crippen LogP contribution in [0.5, 0.6) is 0 Å². The Bertz CT molecular complexity index is 845. The van der Waals surface area contributed by atoms with Crippen molar-refractivity contribution in [1.82, 2.24) is 10.3 Å². The number of hydrogen-bond acceptors (Lipinski definition) is 4. The van der Waals surface area contributed by atoms with Crippen molar-refractivity contribution >= 4 is 23.2 Å². The standard InChI is InChI=1S/C15H14ClN3O4/c1-8-5-9(2)18-15(21)12(8)7-17-14(20)11-6-10(19(22)23)3-4-13(11)16/h3-6H,7H2,1-2H3,(H,17,20)(H,18,21). The summed E-state index contributed by atoms with van der Waals surface area (Å²) in [6, 6.07) is 5.40. The highest BCUT2D eigenvalue weighted by Gasteiger charge is 2.16. The lowest BCUT2D eigenvalue weighted by atomic mass is 10.1. The molecule has 2 aromatic rings. The number of halogens is 1. The Morgan fingerprint density at radius 2 is 2.04 bits per heavy atom. The molecule has 8 heteroatoms. The van der Waals surface area contributed by atoms with Gasteiger partial charge in [-0.2, -0.15) is 0 Å². The number of nitrogens with zero attached hydrogens (tertiary/aromatic N) is 1. The normalized spacial score (nSPS) is 10.4. The average molecular weight is 336 g/mol. The summed E-state index contributed by atoms with van der Waals surface area (Å²) < 4.78 is 0. The molecule has 2 rings (SSSR count). The molecule has 1 amide bonds. The first-order valence-electron chi connectivity index (χ1n) is 6.71. The van der Waals surface area contributed by atoms with E-state index in [0.717, 1.165) is 17.3 Å². The molecule has 0 radical (unpaired) electrons. The highest BCUT2D eigenvalue weighted by atomic mass is 35.5. The van der Waals surface area contributed by atoms with Gasteiger partial charge in [0, 0.05) is 29.9 Å². The van der Waals surface area contributed by atoms with E-state index in [4.69, 9.17) is 11.6 Å². The molecule has 0 fully saturated rings. The molecule has 0 aliphatic rings. The zero-order chi connectivity index (χ0) is 17.1. The minimum Gasteiger partial charge on any atom is -0.348 e. The zero-order valence-electron chi connectivity index (χ0n) is 12.5. The average Bonchev–Trinajstić information content (AvgIpc) is 2.46. The minimum atomic E-state index is -0.609. The number of aryl methyl sites for hydroxylation is 2. The van der Waals surface area contributed by atoms with E-state index in [9.17, 15) is 19.7 Å². The smallest absolute Gasteiger partial charge is 0.270 e. The lowest BCUT2D eigenvalue weighted by molar-refractivity contribution is -0.384. The molecule has 0 bridgehead atoms. The minimum absolute atomic E-state index is 0.000694. The first-order valence-corrected chi connectivity index (χ1v) is 7.09. The molecule has 0 spiro atoms. The molecule has 2 N–H and O–H groups in total. The summed E-state index contributed by atoms with van der Waals surface area (Å²) in [5.41, 5.74) is 1.37. The van der Waals surface area contributed by atoms with Crippen molar-refractivity contribution in [1.29, 1.82) is 0 Å². The van der Waals surface area contributed by atoms with Crippen LogP contribution in [0.25, 0.3) is 0 Å². The summed E-state index contributed by atoms with van der Waals surface area (Å²) >= 11 is 5.91. The maximum absolute atomic E-state index is 12.2. The zero-order valence-corrected chi connectivity index (χ0v) is 13.2. The summed E-state index contributed by atoms with van der Waals surface area (Å²) in [5, 5.41) is 13.4. The molecule has 120 valence electrons. The second kappa shape index (κ2) is 6.62. The van der Waals surface area contributed by atoms with Gasteiger partial charge in [0.15, 0.2) is 0 Å². The van der Waals surface area contributed by atoms with E-state index in [1.807, 2.05) is 0 Å². The number of aromatic amines is 1. The third-order valence-electron chi connectivity index (χ3n) is 3.32. The van der Waals surface area contributed by atoms with E-state index in [1.54, 1.807) is 19.9 Å². The molecule has 0 atom stereocenters. The number of nitro benzene ring substituents is 1. The SMILES string of the molecule is Cc1cc(C)c(CNC(=O)c2cc([N+](=O)[O-])ccc2Cl)c(=O)[nH]1. The second-order valence-electron chi connectivity index (χ2n) is 5.05. The van der Waals surface area contributed by atoms with Gasteiger partial charge in [-0.15, -0.1) is 0 Å². The second-order valence-corrected chi connectivity index (χ2v) is 5.45. The largest absolute Gasteiger partial charge is 0.348 e. The van der Waals surface area contributed by atoms with Crippen molar-refractivity contribution in [3.8, 4) is 0 Å². The molecule has 7 nitrogen and oxygen atoms in total. The summed E-state index contributed by atoms with van der Waals surface area (Å²) in [6.07, 6.45) is 0. The van der Waals surface area contributed by atoms with E-state index < -0.39 is 10.8 Å². The van der Waals surface area contributed by atoms with Gasteiger partial charge in [0.2, 0.25) is 0 Å². The number of nitrogens with one attached hydrogen (secondary N) is 2. The summed E-state index contributed by atoms with van der Waals surface area (Å²) in [4.78, 5) is 36.9. The number of amides is 1. The number of H-pyrrole nitrogens is 1. The van der Waals surface area contributed by atoms with E-state index in [-0.39, 0.29) is 28.4 Å². The van der Waals surface area contributed by atoms with Crippen LogP contribution >= 0.6 is 11.6 Å². The van der Waals surface area contributed by atoms with Crippen LogP contribution in [-0.2, 0) is 6.54 Å². The molecule has 0 saturated heterocycles. The molecule has 23 heavy (non-hydrogen) atoms. The lowest BCUT2D eigenvalue weighted by Crippen LogP contribution is -2.28. The van der Waals surface area contributed by atoms with Crippen LogP contribution in [0.3, 0.4) is 0 Å². The number of nitro groups is 1. The third-order valence-corrected chi connectivity index (χ3v) is 3.65. The van der Waals surface area contributed by atoms with Crippen LogP contribution in [0.2, 0.25) is 5.02 Å². The van der Waals surface area contributed by atoms with E-state index in [0.29, 0.717) is 5.56 Å². The number of aromatic nitrogens is 1. The van der Waals surface area contributed by atoms with Gasteiger partial charge in [0.1, 0.15) is 0 Å². The molecule has 1 aromatic heterocycles. The van der Waals surface area contributed by atoms with Gasteiger partial charge >= 0.3 is 0 Å². The first-order chi connectivity index (χ1) is 10.8. The van der Waals surface area contributed by atoms with Crippen molar-refractivity contribution in [3.63, 3.8) is 0 Å². The number of hydrogen-bond donors (Lipinski definition) is 2. The van der Waals surface area contributed by atoms with E-state index in [2.05, 4.69) is 10.3 Å². The van der Waals surface area contributed by atoms with Crippen molar-refractivity contribution in [2.24, 2.45) is 0 Å². The molecule has 0 aliphatic carbocycles. The van der Waals surface area contributed by atoms with Gasteiger partial charge in [-0.1, -0.05) is 11.6 Å². The Hall–Kier alpha value is -2.67. The summed E-state index contributed by atoms with van der Waals surface area (Å²) in [7, 11) is 0. The number of benzene rings is 1. The maximum Gasteiger partial charge on any atom is 0.270 e. The highest BCUT2D eigenvalue weighted by molar-refractivity contribution is 6.33. The first kappa shape index (κ1) is 16.7. The number of carbonyl (C=O) groups excluding carboxylic acids is 1. The van der Waals surface area contributed by atoms with Gasteiger partial charge in [-0.3, -0.25) is 19.7 Å². The quantitative estimate of drug-likeness (QED) is 0.661. The molecular formula is C15H14ClN3O4. The van der Waals surface area contributed by atoms with Crippen LogP contribution in [0.1, 0.15) is 27.2 Å². The van der Waals surface area contributed by atoms with Crippen LogP contribution < -0.4 is 10.9 Å². The van der Waals surface area contributed by atoms with Crippen LogP contribution in [0, 0.1) is 24.0 Å². The van der Waals surface area contributed by atoms with Gasteiger partial charge in [-0.25, -0.2) is 0 Å². The Kier molecular flexibility index (Phi) is 4.80. The van der Waals surface area contributed by atoms with Crippen LogP contribution in [0.4, 0.5) is 5.69 Å². The van der Waals surface area contributed by atoms with Crippen molar-refractivity contribution < 1.29 is 9.72 Å². The number of rotatable bonds is 4. The Morgan fingerprint density at radius 3 is 2.65 bits per heavy atom. The van der Waals surface area contributed by atoms with Crippen LogP contribution in [0.15, 0.2) is 29.1 Å². The monoisotopic (exact) mass is 335 g/mol. The fraction of sp³-hybridized carbons (Fsp3) is 0.200. The molecular weight excluding hydrogens is 322 g/mol. The van der Waals surface area contributed by atoms with Crippen LogP contribution in [-0.4, -0.2) is 15.8 Å². The fourth-order valence-corrected chi connectivity index (χ4v) is 2.37. The Morgan fingerprint density at radius 1 is 1.35 bits per heavy atom. The van der Waals surface area contributed by atoms with Gasteiger partial charge < -0.3 is 10.3 Å². The van der Waals surface area contributed by atoms with Gasteiger partial charge in [0.25, 0.3) is 17.2 Å². The van der Waals surface area contributed by atoms with Crippen molar-refractivity contribution in [2.75, 3.05) is 0 Å². The maximum atomic E-state index is 12.2. The molecule has 0 saturated carbocycles.